The third-order valence-electron chi connectivity index (χ3n) is 13.1. The molecule has 0 saturated heterocycles. The van der Waals surface area contributed by atoms with Gasteiger partial charge in [-0.1, -0.05) is 45.0 Å². The Bertz CT molecular complexity index is 1600. The third kappa shape index (κ3) is 3.40. The van der Waals surface area contributed by atoms with Crippen LogP contribution < -0.4 is 25.9 Å². The molecule has 0 unspecified atom stereocenters. The van der Waals surface area contributed by atoms with Crippen molar-refractivity contribution in [3.05, 3.63) is 47.5 Å². The highest BCUT2D eigenvalue weighted by Crippen LogP contribution is 2.61. The summed E-state index contributed by atoms with van der Waals surface area (Å²) in [5, 5.41) is 5.19. The van der Waals surface area contributed by atoms with E-state index in [-0.39, 0.29) is 12.1 Å². The topological polar surface area (TPSA) is 36.3 Å². The normalized spacial score (nSPS) is 34.6. The molecule has 3 aromatic rings. The summed E-state index contributed by atoms with van der Waals surface area (Å²) >= 11 is 0. The lowest BCUT2D eigenvalue weighted by Crippen LogP contribution is -2.57. The maximum absolute atomic E-state index is 6.92. The van der Waals surface area contributed by atoms with Gasteiger partial charge >= 0.3 is 0 Å². The van der Waals surface area contributed by atoms with Gasteiger partial charge in [-0.15, -0.1) is 5.10 Å². The van der Waals surface area contributed by atoms with Gasteiger partial charge in [-0.05, 0) is 145 Å². The van der Waals surface area contributed by atoms with Crippen LogP contribution in [0.25, 0.3) is 0 Å². The van der Waals surface area contributed by atoms with Crippen LogP contribution in [0.3, 0.4) is 0 Å². The van der Waals surface area contributed by atoms with E-state index in [0.717, 1.165) is 58.9 Å². The van der Waals surface area contributed by atoms with Crippen LogP contribution in [-0.2, 0) is 17.4 Å². The van der Waals surface area contributed by atoms with E-state index in [2.05, 4.69) is 61.9 Å². The molecule has 4 nitrogen and oxygen atoms in total. The maximum Gasteiger partial charge on any atom is 0.265 e. The summed E-state index contributed by atoms with van der Waals surface area (Å²) in [4.78, 5) is 0. The zero-order valence-corrected chi connectivity index (χ0v) is 25.5. The highest BCUT2D eigenvalue weighted by Gasteiger charge is 2.53. The molecule has 0 amide bonds. The van der Waals surface area contributed by atoms with Crippen LogP contribution in [-0.4, -0.2) is 16.5 Å². The molecule has 42 heavy (non-hydrogen) atoms. The van der Waals surface area contributed by atoms with E-state index >= 15 is 0 Å². The molecule has 6 bridgehead atoms. The van der Waals surface area contributed by atoms with Gasteiger partial charge in [-0.3, -0.25) is 0 Å². The van der Waals surface area contributed by atoms with E-state index in [1.165, 1.54) is 87.1 Å². The number of nitrogens with zero attached hydrogens (tertiary/aromatic N) is 2. The molecule has 3 heterocycles. The van der Waals surface area contributed by atoms with Crippen molar-refractivity contribution < 1.29 is 9.47 Å². The van der Waals surface area contributed by atoms with Crippen molar-refractivity contribution in [3.63, 3.8) is 0 Å². The quantitative estimate of drug-likeness (QED) is 0.225. The van der Waals surface area contributed by atoms with Gasteiger partial charge in [0.2, 0.25) is 11.8 Å². The Hall–Kier alpha value is -2.69. The minimum Gasteiger partial charge on any atom is -0.440 e. The van der Waals surface area contributed by atoms with Crippen LogP contribution in [0.5, 0.6) is 23.3 Å². The fourth-order valence-corrected chi connectivity index (χ4v) is 11.5. The molecule has 0 atom stereocenters. The summed E-state index contributed by atoms with van der Waals surface area (Å²) in [5.74, 6) is 7.40. The van der Waals surface area contributed by atoms with Gasteiger partial charge in [-0.25, -0.2) is 4.68 Å². The zero-order valence-electron chi connectivity index (χ0n) is 25.5. The Balaban J connectivity index is 1.13. The van der Waals surface area contributed by atoms with Gasteiger partial charge in [-0.2, -0.15) is 0 Å². The summed E-state index contributed by atoms with van der Waals surface area (Å²) < 4.78 is 15.8. The van der Waals surface area contributed by atoms with Crippen LogP contribution in [0.2, 0.25) is 0 Å². The number of fused-ring (bicyclic) bond motifs is 6. The largest absolute Gasteiger partial charge is 0.440 e. The van der Waals surface area contributed by atoms with Gasteiger partial charge < -0.3 is 9.47 Å². The smallest absolute Gasteiger partial charge is 0.265 e. The summed E-state index contributed by atoms with van der Waals surface area (Å²) in [5.41, 5.74) is 7.50. The lowest BCUT2D eigenvalue weighted by molar-refractivity contribution is -0.00516. The summed E-state index contributed by atoms with van der Waals surface area (Å²) in [6.45, 7) is 7.99. The summed E-state index contributed by atoms with van der Waals surface area (Å²) in [6.07, 6.45) is 15.3. The van der Waals surface area contributed by atoms with E-state index in [4.69, 9.17) is 14.6 Å². The van der Waals surface area contributed by atoms with Crippen LogP contribution in [0.4, 0.5) is 0 Å². The fourth-order valence-electron chi connectivity index (χ4n) is 11.5. The van der Waals surface area contributed by atoms with E-state index in [9.17, 15) is 0 Å². The maximum atomic E-state index is 6.92. The molecule has 0 N–H and O–H groups in total. The number of rotatable bonds is 3. The third-order valence-corrected chi connectivity index (χ3v) is 13.1. The first-order valence-electron chi connectivity index (χ1n) is 17.0. The molecule has 0 spiro atoms. The average molecular weight is 559 g/mol. The highest BCUT2D eigenvalue weighted by atomic mass is 16.5. The Morgan fingerprint density at radius 1 is 0.833 bits per heavy atom. The van der Waals surface area contributed by atoms with E-state index in [0.29, 0.717) is 10.8 Å². The molecular weight excluding hydrogens is 515 g/mol. The predicted octanol–water partition coefficient (Wildman–Crippen LogP) is 6.96. The van der Waals surface area contributed by atoms with Crippen molar-refractivity contribution in [2.45, 2.75) is 109 Å². The van der Waals surface area contributed by atoms with E-state index in [1.807, 2.05) is 0 Å². The molecule has 5 heteroatoms. The second kappa shape index (κ2) is 8.07. The van der Waals surface area contributed by atoms with Gasteiger partial charge in [0, 0.05) is 0 Å². The standard InChI is InChI=1S/C37H43BN2O2/c1-35(2,3)26-4-6-30-28(15-26)38-29-16-27(37-18-23-12-24(19-37)14-25(13-23)20-37)5-7-31(29)42-34-32(38)33(41-30)39-40(34)21-36-10-8-22(17-36)9-11-36/h4-7,15-16,22-25H,8-14,17-21H2,1-3H3. The molecule has 8 aliphatic rings. The predicted molar refractivity (Wildman–Crippen MR) is 167 cm³/mol. The number of benzene rings is 2. The zero-order chi connectivity index (χ0) is 28.0. The van der Waals surface area contributed by atoms with Crippen LogP contribution in [0, 0.1) is 29.1 Å². The van der Waals surface area contributed by atoms with Crippen molar-refractivity contribution >= 4 is 23.1 Å². The Morgan fingerprint density at radius 3 is 2.17 bits per heavy atom. The molecule has 2 aromatic carbocycles. The van der Waals surface area contributed by atoms with Gasteiger partial charge in [0.25, 0.3) is 6.71 Å². The lowest BCUT2D eigenvalue weighted by atomic mass is 9.35. The summed E-state index contributed by atoms with van der Waals surface area (Å²) in [7, 11) is 0. The van der Waals surface area contributed by atoms with Gasteiger partial charge in [0.05, 0.1) is 12.0 Å². The molecule has 6 fully saturated rings. The van der Waals surface area contributed by atoms with Crippen molar-refractivity contribution in [2.24, 2.45) is 29.1 Å². The molecule has 2 aliphatic heterocycles. The summed E-state index contributed by atoms with van der Waals surface area (Å²) in [6, 6.07) is 14.2. The Kier molecular flexibility index (Phi) is 4.75. The molecule has 6 saturated carbocycles. The molecule has 0 radical (unpaired) electrons. The Labute approximate surface area is 250 Å². The van der Waals surface area contributed by atoms with E-state index < -0.39 is 0 Å². The van der Waals surface area contributed by atoms with Gasteiger partial charge in [0.15, 0.2) is 0 Å². The second-order valence-electron chi connectivity index (χ2n) is 16.9. The van der Waals surface area contributed by atoms with Crippen molar-refractivity contribution in [2.75, 3.05) is 0 Å². The second-order valence-corrected chi connectivity index (χ2v) is 16.9. The fraction of sp³-hybridized carbons (Fsp3) is 0.595. The van der Waals surface area contributed by atoms with Gasteiger partial charge in [0.1, 0.15) is 11.5 Å². The van der Waals surface area contributed by atoms with Crippen molar-refractivity contribution in [3.8, 4) is 23.3 Å². The van der Waals surface area contributed by atoms with Crippen LogP contribution in [0.1, 0.15) is 103 Å². The minimum atomic E-state index is 0.0675. The van der Waals surface area contributed by atoms with Crippen LogP contribution >= 0.6 is 0 Å². The van der Waals surface area contributed by atoms with Crippen molar-refractivity contribution in [1.82, 2.24) is 9.78 Å². The van der Waals surface area contributed by atoms with E-state index in [1.54, 1.807) is 5.56 Å². The first-order valence-corrected chi connectivity index (χ1v) is 17.0. The first kappa shape index (κ1) is 24.7. The molecule has 1 aromatic heterocycles. The lowest BCUT2D eigenvalue weighted by Gasteiger charge is -2.57. The monoisotopic (exact) mass is 558 g/mol. The highest BCUT2D eigenvalue weighted by molar-refractivity contribution is 6.98. The first-order chi connectivity index (χ1) is 20.2. The number of aromatic nitrogens is 2. The van der Waals surface area contributed by atoms with Crippen molar-refractivity contribution in [1.29, 1.82) is 0 Å². The molecule has 11 rings (SSSR count). The molecule has 216 valence electrons. The number of hydrogen-bond acceptors (Lipinski definition) is 3. The number of hydrogen-bond donors (Lipinski definition) is 0. The average Bonchev–Trinajstić information content (AvgIpc) is 3.65. The molecular formula is C37H43BN2O2. The number of ether oxygens (including phenoxy) is 2. The SMILES string of the molecule is CC(C)(C)c1ccc2c(c1)B1c3cc(C45CC6CC(CC(C6)C4)C5)ccc3Oc3c1c(nn3CC13CCC(CC1)C3)O2. The molecule has 6 aliphatic carbocycles. The Morgan fingerprint density at radius 2 is 1.50 bits per heavy atom. The minimum absolute atomic E-state index is 0.0675. The van der Waals surface area contributed by atoms with Crippen LogP contribution in [0.15, 0.2) is 36.4 Å².